The molecule has 0 spiro atoms. The third-order valence-electron chi connectivity index (χ3n) is 2.23. The molecular formula is C14H14ClF3O2. The van der Waals surface area contributed by atoms with E-state index in [4.69, 9.17) is 16.3 Å². The van der Waals surface area contributed by atoms with Gasteiger partial charge in [0.05, 0.1) is 12.5 Å². The Morgan fingerprint density at radius 2 is 2.00 bits per heavy atom. The number of alkyl halides is 4. The topological polar surface area (TPSA) is 18.5 Å². The number of ether oxygens (including phenoxy) is 2. The first-order valence-electron chi connectivity index (χ1n) is 5.85. The minimum Gasteiger partial charge on any atom is -0.491 e. The van der Waals surface area contributed by atoms with Crippen molar-refractivity contribution < 1.29 is 22.6 Å². The van der Waals surface area contributed by atoms with Crippen molar-refractivity contribution in [3.63, 3.8) is 0 Å². The number of hydrogen-bond acceptors (Lipinski definition) is 2. The largest absolute Gasteiger partial charge is 0.491 e. The Morgan fingerprint density at radius 3 is 2.60 bits per heavy atom. The molecule has 110 valence electrons. The monoisotopic (exact) mass is 306 g/mol. The summed E-state index contributed by atoms with van der Waals surface area (Å²) in [6.07, 6.45) is -4.31. The van der Waals surface area contributed by atoms with E-state index in [9.17, 15) is 13.2 Å². The van der Waals surface area contributed by atoms with E-state index < -0.39 is 12.8 Å². The molecule has 1 aromatic carbocycles. The minimum absolute atomic E-state index is 0.0592. The van der Waals surface area contributed by atoms with Crippen LogP contribution in [0, 0.1) is 18.8 Å². The number of benzene rings is 1. The summed E-state index contributed by atoms with van der Waals surface area (Å²) in [6.45, 7) is 0.510. The van der Waals surface area contributed by atoms with Crippen LogP contribution in [0.25, 0.3) is 0 Å². The standard InChI is InChI=1S/C14H14ClF3O2/c1-11-9-12(3-2-6-15)4-5-13(11)20-8-7-19-10-14(16,17)18/h4-5,9H,6-8,10H2,1H3. The van der Waals surface area contributed by atoms with Crippen molar-refractivity contribution in [2.45, 2.75) is 13.1 Å². The zero-order chi connectivity index (χ0) is 15.0. The van der Waals surface area contributed by atoms with Gasteiger partial charge in [0.15, 0.2) is 0 Å². The van der Waals surface area contributed by atoms with E-state index >= 15 is 0 Å². The summed E-state index contributed by atoms with van der Waals surface area (Å²) in [5.74, 6) is 6.45. The molecule has 2 nitrogen and oxygen atoms in total. The lowest BCUT2D eigenvalue weighted by molar-refractivity contribution is -0.175. The van der Waals surface area contributed by atoms with Gasteiger partial charge in [0.1, 0.15) is 19.0 Å². The van der Waals surface area contributed by atoms with Crippen LogP contribution in [0.2, 0.25) is 0 Å². The van der Waals surface area contributed by atoms with Crippen molar-refractivity contribution in [1.29, 1.82) is 0 Å². The second-order valence-corrected chi connectivity index (χ2v) is 4.20. The molecule has 0 aliphatic rings. The molecule has 0 fully saturated rings. The first kappa shape index (κ1) is 16.7. The molecule has 0 aromatic heterocycles. The van der Waals surface area contributed by atoms with Crippen molar-refractivity contribution in [2.24, 2.45) is 0 Å². The van der Waals surface area contributed by atoms with E-state index in [0.29, 0.717) is 5.75 Å². The molecule has 0 radical (unpaired) electrons. The number of rotatable bonds is 5. The smallest absolute Gasteiger partial charge is 0.411 e. The summed E-state index contributed by atoms with van der Waals surface area (Å²) in [5.41, 5.74) is 1.66. The molecule has 0 heterocycles. The lowest BCUT2D eigenvalue weighted by atomic mass is 10.1. The van der Waals surface area contributed by atoms with Gasteiger partial charge in [-0.2, -0.15) is 13.2 Å². The van der Waals surface area contributed by atoms with Gasteiger partial charge in [-0.25, -0.2) is 0 Å². The van der Waals surface area contributed by atoms with Gasteiger partial charge in [-0.15, -0.1) is 11.6 Å². The SMILES string of the molecule is Cc1cc(C#CCCl)ccc1OCCOCC(F)(F)F. The van der Waals surface area contributed by atoms with Crippen LogP contribution in [-0.2, 0) is 4.74 Å². The third kappa shape index (κ3) is 6.69. The van der Waals surface area contributed by atoms with E-state index in [1.54, 1.807) is 12.1 Å². The van der Waals surface area contributed by atoms with Gasteiger partial charge in [0, 0.05) is 5.56 Å². The van der Waals surface area contributed by atoms with E-state index in [1.165, 1.54) is 0 Å². The molecule has 0 atom stereocenters. The molecule has 0 N–H and O–H groups in total. The van der Waals surface area contributed by atoms with Crippen LogP contribution in [-0.4, -0.2) is 31.9 Å². The van der Waals surface area contributed by atoms with Gasteiger partial charge in [0.2, 0.25) is 0 Å². The van der Waals surface area contributed by atoms with Crippen LogP contribution >= 0.6 is 11.6 Å². The fraction of sp³-hybridized carbons (Fsp3) is 0.429. The maximum absolute atomic E-state index is 11.8. The Morgan fingerprint density at radius 1 is 1.25 bits per heavy atom. The minimum atomic E-state index is -4.31. The third-order valence-corrected chi connectivity index (χ3v) is 2.36. The number of aryl methyl sites for hydroxylation is 1. The van der Waals surface area contributed by atoms with Crippen LogP contribution in [0.1, 0.15) is 11.1 Å². The molecule has 0 saturated carbocycles. The van der Waals surface area contributed by atoms with E-state index in [1.807, 2.05) is 13.0 Å². The zero-order valence-corrected chi connectivity index (χ0v) is 11.6. The number of halogens is 4. The van der Waals surface area contributed by atoms with Crippen LogP contribution in [0.15, 0.2) is 18.2 Å². The lowest BCUT2D eigenvalue weighted by Gasteiger charge is -2.11. The molecule has 0 aliphatic carbocycles. The van der Waals surface area contributed by atoms with Gasteiger partial charge in [-0.05, 0) is 30.7 Å². The fourth-order valence-electron chi connectivity index (χ4n) is 1.42. The van der Waals surface area contributed by atoms with E-state index in [0.717, 1.165) is 11.1 Å². The molecule has 0 saturated heterocycles. The molecular weight excluding hydrogens is 293 g/mol. The molecule has 0 unspecified atom stereocenters. The quantitative estimate of drug-likeness (QED) is 0.470. The van der Waals surface area contributed by atoms with Crippen molar-refractivity contribution in [2.75, 3.05) is 25.7 Å². The highest BCUT2D eigenvalue weighted by Crippen LogP contribution is 2.19. The lowest BCUT2D eigenvalue weighted by Crippen LogP contribution is -2.19. The normalized spacial score (nSPS) is 10.8. The molecule has 6 heteroatoms. The van der Waals surface area contributed by atoms with Crippen molar-refractivity contribution in [3.8, 4) is 17.6 Å². The molecule has 1 rings (SSSR count). The zero-order valence-electron chi connectivity index (χ0n) is 10.9. The van der Waals surface area contributed by atoms with Crippen LogP contribution in [0.5, 0.6) is 5.75 Å². The van der Waals surface area contributed by atoms with Gasteiger partial charge in [-0.1, -0.05) is 11.8 Å². The van der Waals surface area contributed by atoms with Gasteiger partial charge < -0.3 is 9.47 Å². The Bertz CT molecular complexity index is 489. The predicted molar refractivity (Wildman–Crippen MR) is 71.1 cm³/mol. The first-order chi connectivity index (χ1) is 9.42. The summed E-state index contributed by atoms with van der Waals surface area (Å²) in [4.78, 5) is 0. The fourth-order valence-corrected chi connectivity index (χ4v) is 1.49. The summed E-state index contributed by atoms with van der Waals surface area (Å²) in [7, 11) is 0. The van der Waals surface area contributed by atoms with E-state index in [-0.39, 0.29) is 19.1 Å². The first-order valence-corrected chi connectivity index (χ1v) is 6.38. The Balaban J connectivity index is 2.41. The second-order valence-electron chi connectivity index (χ2n) is 3.93. The van der Waals surface area contributed by atoms with Crippen LogP contribution < -0.4 is 4.74 Å². The highest BCUT2D eigenvalue weighted by atomic mass is 35.5. The van der Waals surface area contributed by atoms with Crippen LogP contribution in [0.3, 0.4) is 0 Å². The van der Waals surface area contributed by atoms with Gasteiger partial charge >= 0.3 is 6.18 Å². The number of hydrogen-bond donors (Lipinski definition) is 0. The van der Waals surface area contributed by atoms with Crippen LogP contribution in [0.4, 0.5) is 13.2 Å². The highest BCUT2D eigenvalue weighted by molar-refractivity contribution is 6.19. The summed E-state index contributed by atoms with van der Waals surface area (Å²) < 4.78 is 45.3. The Labute approximate surface area is 120 Å². The molecule has 0 bridgehead atoms. The van der Waals surface area contributed by atoms with Gasteiger partial charge in [0.25, 0.3) is 0 Å². The summed E-state index contributed by atoms with van der Waals surface area (Å²) in [6, 6.07) is 5.31. The maximum Gasteiger partial charge on any atom is 0.411 e. The maximum atomic E-state index is 11.8. The second kappa shape index (κ2) is 8.03. The van der Waals surface area contributed by atoms with Crippen molar-refractivity contribution in [3.05, 3.63) is 29.3 Å². The average Bonchev–Trinajstić information content (AvgIpc) is 2.36. The molecule has 1 aromatic rings. The summed E-state index contributed by atoms with van der Waals surface area (Å²) >= 11 is 5.46. The summed E-state index contributed by atoms with van der Waals surface area (Å²) in [5, 5.41) is 0. The van der Waals surface area contributed by atoms with Crippen molar-refractivity contribution in [1.82, 2.24) is 0 Å². The molecule has 0 amide bonds. The molecule has 0 aliphatic heterocycles. The predicted octanol–water partition coefficient (Wildman–Crippen LogP) is 3.54. The Hall–Kier alpha value is -1.38. The highest BCUT2D eigenvalue weighted by Gasteiger charge is 2.27. The molecule has 20 heavy (non-hydrogen) atoms. The Kier molecular flexibility index (Phi) is 6.69. The van der Waals surface area contributed by atoms with Gasteiger partial charge in [-0.3, -0.25) is 0 Å². The average molecular weight is 307 g/mol. The van der Waals surface area contributed by atoms with E-state index in [2.05, 4.69) is 16.6 Å². The van der Waals surface area contributed by atoms with Crippen molar-refractivity contribution >= 4 is 11.6 Å².